The SMILES string of the molecule is CC(C)CCC[C@H](C)[C@@H]1CC[C@@H]2[C@H]3CC=C4CC(OC(=O)OCC(=O)c5ccc6ccc7cccc8ccc5c6c78)CC[C@@]4(C)[C@@H]3CC[C@]21C. The molecule has 4 aliphatic rings. The lowest BCUT2D eigenvalue weighted by molar-refractivity contribution is -0.0614. The molecule has 0 radical (unpaired) electrons. The number of rotatable bonds is 9. The highest BCUT2D eigenvalue weighted by molar-refractivity contribution is 6.26. The number of hydrogen-bond donors (Lipinski definition) is 0. The normalized spacial score (nSPS) is 31.3. The van der Waals surface area contributed by atoms with Crippen LogP contribution in [0.1, 0.15) is 116 Å². The third kappa shape index (κ3) is 5.64. The van der Waals surface area contributed by atoms with Crippen molar-refractivity contribution in [2.45, 2.75) is 111 Å². The summed E-state index contributed by atoms with van der Waals surface area (Å²) < 4.78 is 11.4. The van der Waals surface area contributed by atoms with Crippen molar-refractivity contribution in [1.82, 2.24) is 0 Å². The second-order valence-electron chi connectivity index (χ2n) is 17.7. The molecule has 4 heteroatoms. The van der Waals surface area contributed by atoms with Crippen molar-refractivity contribution in [3.63, 3.8) is 0 Å². The summed E-state index contributed by atoms with van der Waals surface area (Å²) in [5.74, 6) is 4.64. The Hall–Kier alpha value is -3.40. The zero-order valence-electron chi connectivity index (χ0n) is 30.9. The molecular formula is C46H56O4. The largest absolute Gasteiger partial charge is 0.509 e. The Morgan fingerprint density at radius 1 is 0.820 bits per heavy atom. The summed E-state index contributed by atoms with van der Waals surface area (Å²) in [4.78, 5) is 26.4. The van der Waals surface area contributed by atoms with Gasteiger partial charge >= 0.3 is 6.16 Å². The quantitative estimate of drug-likeness (QED) is 0.0768. The van der Waals surface area contributed by atoms with Crippen molar-refractivity contribution >= 4 is 44.3 Å². The molecule has 4 aromatic rings. The molecule has 0 amide bonds. The first kappa shape index (κ1) is 33.7. The molecule has 264 valence electrons. The van der Waals surface area contributed by atoms with Crippen molar-refractivity contribution < 1.29 is 19.1 Å². The van der Waals surface area contributed by atoms with E-state index in [0.29, 0.717) is 11.0 Å². The number of ketones is 1. The maximum atomic E-state index is 13.4. The number of carbonyl (C=O) groups excluding carboxylic acids is 2. The summed E-state index contributed by atoms with van der Waals surface area (Å²) in [6.45, 7) is 12.1. The van der Waals surface area contributed by atoms with Crippen molar-refractivity contribution in [2.75, 3.05) is 6.61 Å². The van der Waals surface area contributed by atoms with Crippen LogP contribution in [0.4, 0.5) is 4.79 Å². The standard InChI is InChI=1S/C46H56O4/c1-28(2)8-6-9-29(3)38-20-21-39-37-19-16-33-26-34(22-24-45(33,4)40(37)23-25-46(38,39)5)50-44(48)49-27-41(47)35-17-14-32-13-12-30-10-7-11-31-15-18-36(35)43(32)42(30)31/h7,10-18,28-29,34,37-40H,6,8-9,19-27H2,1-5H3/t29-,34?,37+,38-,39+,40+,45+,46-/m0/s1. The highest BCUT2D eigenvalue weighted by Gasteiger charge is 2.59. The first-order chi connectivity index (χ1) is 24.1. The molecule has 1 unspecified atom stereocenters. The second kappa shape index (κ2) is 13.0. The van der Waals surface area contributed by atoms with E-state index in [1.54, 1.807) is 0 Å². The summed E-state index contributed by atoms with van der Waals surface area (Å²) in [6, 6.07) is 18.5. The van der Waals surface area contributed by atoms with E-state index in [1.807, 2.05) is 18.2 Å². The Labute approximate surface area is 298 Å². The van der Waals surface area contributed by atoms with Gasteiger partial charge in [0.25, 0.3) is 0 Å². The number of fused-ring (bicyclic) bond motifs is 5. The highest BCUT2D eigenvalue weighted by atomic mass is 16.7. The average molecular weight is 673 g/mol. The van der Waals surface area contributed by atoms with Crippen LogP contribution in [-0.4, -0.2) is 24.6 Å². The molecule has 0 heterocycles. The lowest BCUT2D eigenvalue weighted by Crippen LogP contribution is -2.51. The van der Waals surface area contributed by atoms with Crippen LogP contribution in [0.15, 0.2) is 66.2 Å². The van der Waals surface area contributed by atoms with Crippen LogP contribution in [-0.2, 0) is 9.47 Å². The topological polar surface area (TPSA) is 52.6 Å². The summed E-state index contributed by atoms with van der Waals surface area (Å²) in [5.41, 5.74) is 2.75. The van der Waals surface area contributed by atoms with Gasteiger partial charge in [-0.05, 0) is 124 Å². The maximum absolute atomic E-state index is 13.4. The van der Waals surface area contributed by atoms with Crippen molar-refractivity contribution in [2.24, 2.45) is 46.3 Å². The molecule has 0 spiro atoms. The fourth-order valence-electron chi connectivity index (χ4n) is 12.1. The smallest absolute Gasteiger partial charge is 0.431 e. The molecule has 3 saturated carbocycles. The second-order valence-corrected chi connectivity index (χ2v) is 17.7. The Kier molecular flexibility index (Phi) is 8.75. The van der Waals surface area contributed by atoms with Gasteiger partial charge in [-0.25, -0.2) is 4.79 Å². The fraction of sp³-hybridized carbons (Fsp3) is 0.565. The number of Topliss-reactive ketones (excluding diaryl/α,β-unsaturated/α-hetero) is 1. The molecule has 0 aliphatic heterocycles. The molecular weight excluding hydrogens is 617 g/mol. The van der Waals surface area contributed by atoms with Crippen LogP contribution < -0.4 is 0 Å². The third-order valence-corrected chi connectivity index (χ3v) is 14.7. The van der Waals surface area contributed by atoms with Crippen LogP contribution in [0.5, 0.6) is 0 Å². The van der Waals surface area contributed by atoms with Gasteiger partial charge in [0, 0.05) is 12.0 Å². The Morgan fingerprint density at radius 3 is 2.34 bits per heavy atom. The van der Waals surface area contributed by atoms with E-state index in [1.165, 1.54) is 62.3 Å². The summed E-state index contributed by atoms with van der Waals surface area (Å²) in [5, 5.41) is 6.57. The van der Waals surface area contributed by atoms with Gasteiger partial charge in [0.15, 0.2) is 6.61 Å². The van der Waals surface area contributed by atoms with Gasteiger partial charge in [-0.3, -0.25) is 4.79 Å². The van der Waals surface area contributed by atoms with Gasteiger partial charge in [-0.2, -0.15) is 0 Å². The predicted octanol–water partition coefficient (Wildman–Crippen LogP) is 12.3. The predicted molar refractivity (Wildman–Crippen MR) is 204 cm³/mol. The van der Waals surface area contributed by atoms with Crippen LogP contribution in [0.3, 0.4) is 0 Å². The van der Waals surface area contributed by atoms with Gasteiger partial charge in [-0.15, -0.1) is 0 Å². The van der Waals surface area contributed by atoms with Crippen LogP contribution in [0, 0.1) is 46.3 Å². The molecule has 8 atom stereocenters. The van der Waals surface area contributed by atoms with Crippen LogP contribution in [0.2, 0.25) is 0 Å². The van der Waals surface area contributed by atoms with Crippen molar-refractivity contribution in [1.29, 1.82) is 0 Å². The number of carbonyl (C=O) groups is 2. The first-order valence-corrected chi connectivity index (χ1v) is 19.8. The molecule has 3 fully saturated rings. The number of ether oxygens (including phenoxy) is 2. The van der Waals surface area contributed by atoms with E-state index in [9.17, 15) is 9.59 Å². The van der Waals surface area contributed by atoms with E-state index >= 15 is 0 Å². The minimum absolute atomic E-state index is 0.194. The summed E-state index contributed by atoms with van der Waals surface area (Å²) in [6.07, 6.45) is 15.1. The van der Waals surface area contributed by atoms with Crippen LogP contribution >= 0.6 is 0 Å². The van der Waals surface area contributed by atoms with Gasteiger partial charge in [-0.1, -0.05) is 120 Å². The van der Waals surface area contributed by atoms with Gasteiger partial charge in [0.05, 0.1) is 0 Å². The van der Waals surface area contributed by atoms with E-state index in [0.717, 1.165) is 81.7 Å². The summed E-state index contributed by atoms with van der Waals surface area (Å²) in [7, 11) is 0. The third-order valence-electron chi connectivity index (χ3n) is 14.7. The average Bonchev–Trinajstić information content (AvgIpc) is 3.47. The maximum Gasteiger partial charge on any atom is 0.509 e. The number of benzene rings is 4. The number of allylic oxidation sites excluding steroid dienone is 1. The number of hydrogen-bond acceptors (Lipinski definition) is 4. The Morgan fingerprint density at radius 2 is 1.56 bits per heavy atom. The molecule has 0 aromatic heterocycles. The molecule has 4 aliphatic carbocycles. The van der Waals surface area contributed by atoms with Gasteiger partial charge in [0.1, 0.15) is 6.10 Å². The molecule has 8 rings (SSSR count). The molecule has 0 N–H and O–H groups in total. The van der Waals surface area contributed by atoms with Gasteiger partial charge < -0.3 is 9.47 Å². The zero-order valence-corrected chi connectivity index (χ0v) is 30.9. The Balaban J connectivity index is 0.894. The van der Waals surface area contributed by atoms with E-state index < -0.39 is 6.16 Å². The molecule has 0 saturated heterocycles. The summed E-state index contributed by atoms with van der Waals surface area (Å²) >= 11 is 0. The van der Waals surface area contributed by atoms with E-state index in [-0.39, 0.29) is 23.9 Å². The minimum Gasteiger partial charge on any atom is -0.431 e. The lowest BCUT2D eigenvalue weighted by atomic mass is 9.47. The molecule has 4 aromatic carbocycles. The highest BCUT2D eigenvalue weighted by Crippen LogP contribution is 2.67. The van der Waals surface area contributed by atoms with E-state index in [4.69, 9.17) is 9.47 Å². The molecule has 4 nitrogen and oxygen atoms in total. The Bertz CT molecular complexity index is 1920. The van der Waals surface area contributed by atoms with E-state index in [2.05, 4.69) is 77.1 Å². The van der Waals surface area contributed by atoms with Crippen molar-refractivity contribution in [3.8, 4) is 0 Å². The molecule has 0 bridgehead atoms. The monoisotopic (exact) mass is 672 g/mol. The first-order valence-electron chi connectivity index (χ1n) is 19.8. The minimum atomic E-state index is -0.730. The fourth-order valence-corrected chi connectivity index (χ4v) is 12.1. The van der Waals surface area contributed by atoms with Crippen LogP contribution in [0.25, 0.3) is 32.3 Å². The zero-order chi connectivity index (χ0) is 34.8. The van der Waals surface area contributed by atoms with Gasteiger partial charge in [0.2, 0.25) is 5.78 Å². The van der Waals surface area contributed by atoms with Crippen molar-refractivity contribution in [3.05, 3.63) is 71.8 Å². The lowest BCUT2D eigenvalue weighted by Gasteiger charge is -2.58. The molecule has 50 heavy (non-hydrogen) atoms.